The lowest BCUT2D eigenvalue weighted by Crippen LogP contribution is -2.26. The molecule has 2 atom stereocenters. The van der Waals surface area contributed by atoms with Crippen molar-refractivity contribution in [1.82, 2.24) is 24.9 Å². The monoisotopic (exact) mass is 416 g/mol. The van der Waals surface area contributed by atoms with E-state index in [1.54, 1.807) is 12.4 Å². The second kappa shape index (κ2) is 7.07. The number of aromatic nitrogens is 4. The van der Waals surface area contributed by atoms with Gasteiger partial charge in [-0.25, -0.2) is 9.50 Å². The summed E-state index contributed by atoms with van der Waals surface area (Å²) in [6.07, 6.45) is 3.61. The summed E-state index contributed by atoms with van der Waals surface area (Å²) in [6, 6.07) is 16.0. The van der Waals surface area contributed by atoms with Crippen LogP contribution in [0.15, 0.2) is 60.9 Å². The number of hydrogen-bond donors (Lipinski definition) is 1. The summed E-state index contributed by atoms with van der Waals surface area (Å²) in [5, 5.41) is 9.25. The second-order valence-corrected chi connectivity index (χ2v) is 8.53. The number of fused-ring (bicyclic) bond motifs is 2. The molecule has 2 saturated heterocycles. The average molecular weight is 417 g/mol. The van der Waals surface area contributed by atoms with Gasteiger partial charge in [-0.3, -0.25) is 4.98 Å². The Bertz CT molecular complexity index is 1190. The number of halogens is 1. The van der Waals surface area contributed by atoms with Crippen LogP contribution in [0, 0.1) is 11.8 Å². The highest BCUT2D eigenvalue weighted by atomic mass is 35.5. The molecule has 0 bridgehead atoms. The highest BCUT2D eigenvalue weighted by Gasteiger charge is 2.36. The van der Waals surface area contributed by atoms with E-state index in [9.17, 15) is 0 Å². The van der Waals surface area contributed by atoms with Crippen LogP contribution in [-0.2, 0) is 0 Å². The van der Waals surface area contributed by atoms with Gasteiger partial charge in [0.25, 0.3) is 0 Å². The molecule has 1 N–H and O–H groups in total. The Morgan fingerprint density at radius 2 is 1.60 bits per heavy atom. The van der Waals surface area contributed by atoms with Gasteiger partial charge in [-0.05, 0) is 48.2 Å². The molecule has 30 heavy (non-hydrogen) atoms. The molecule has 150 valence electrons. The van der Waals surface area contributed by atoms with Gasteiger partial charge in [0.05, 0.1) is 5.69 Å². The summed E-state index contributed by atoms with van der Waals surface area (Å²) in [7, 11) is 0. The lowest BCUT2D eigenvalue weighted by Gasteiger charge is -2.18. The molecule has 2 aliphatic heterocycles. The lowest BCUT2D eigenvalue weighted by atomic mass is 10.0. The Labute approximate surface area is 179 Å². The van der Waals surface area contributed by atoms with Crippen LogP contribution in [0.4, 0.5) is 5.82 Å². The normalized spacial score (nSPS) is 20.8. The maximum atomic E-state index is 6.11. The largest absolute Gasteiger partial charge is 0.355 e. The van der Waals surface area contributed by atoms with E-state index >= 15 is 0 Å². The van der Waals surface area contributed by atoms with E-state index in [4.69, 9.17) is 21.7 Å². The smallest absolute Gasteiger partial charge is 0.155 e. The zero-order valence-corrected chi connectivity index (χ0v) is 17.1. The molecule has 0 spiro atoms. The SMILES string of the molecule is Clc1ccc(-c2nc3ccc(N4CC5CNCC5C4)nn3c2-c2ccncc2)cc1. The summed E-state index contributed by atoms with van der Waals surface area (Å²) in [4.78, 5) is 11.5. The zero-order valence-electron chi connectivity index (χ0n) is 16.4. The van der Waals surface area contributed by atoms with Crippen molar-refractivity contribution in [3.8, 4) is 22.5 Å². The van der Waals surface area contributed by atoms with Crippen LogP contribution in [0.25, 0.3) is 28.2 Å². The Morgan fingerprint density at radius 1 is 0.867 bits per heavy atom. The summed E-state index contributed by atoms with van der Waals surface area (Å²) in [5.74, 6) is 2.44. The highest BCUT2D eigenvalue weighted by Crippen LogP contribution is 2.34. The number of rotatable bonds is 3. The minimum atomic E-state index is 0.711. The highest BCUT2D eigenvalue weighted by molar-refractivity contribution is 6.30. The second-order valence-electron chi connectivity index (χ2n) is 8.10. The van der Waals surface area contributed by atoms with Crippen molar-refractivity contribution in [3.63, 3.8) is 0 Å². The minimum absolute atomic E-state index is 0.711. The Kier molecular flexibility index (Phi) is 4.21. The Morgan fingerprint density at radius 3 is 2.33 bits per heavy atom. The first-order valence-electron chi connectivity index (χ1n) is 10.3. The Balaban J connectivity index is 1.50. The standard InChI is InChI=1S/C23H21ClN6/c24-19-3-1-15(2-4-19)22-23(16-7-9-25-10-8-16)30-20(27-22)5-6-21(28-30)29-13-17-11-26-12-18(17)14-29/h1-10,17-18,26H,11-14H2. The zero-order chi connectivity index (χ0) is 20.1. The predicted octanol–water partition coefficient (Wildman–Crippen LogP) is 3.77. The maximum absolute atomic E-state index is 6.11. The fourth-order valence-corrected chi connectivity index (χ4v) is 4.84. The molecule has 0 saturated carbocycles. The van der Waals surface area contributed by atoms with Gasteiger partial charge in [0.15, 0.2) is 5.65 Å². The van der Waals surface area contributed by atoms with Gasteiger partial charge in [0.1, 0.15) is 11.5 Å². The third-order valence-electron chi connectivity index (χ3n) is 6.25. The van der Waals surface area contributed by atoms with E-state index in [2.05, 4.69) is 27.3 Å². The number of nitrogens with one attached hydrogen (secondary N) is 1. The van der Waals surface area contributed by atoms with Crippen LogP contribution in [0.1, 0.15) is 0 Å². The number of benzene rings is 1. The van der Waals surface area contributed by atoms with Crippen molar-refractivity contribution >= 4 is 23.1 Å². The van der Waals surface area contributed by atoms with Crippen LogP contribution in [0.2, 0.25) is 5.02 Å². The van der Waals surface area contributed by atoms with Crippen molar-refractivity contribution in [2.45, 2.75) is 0 Å². The summed E-state index contributed by atoms with van der Waals surface area (Å²) < 4.78 is 1.97. The van der Waals surface area contributed by atoms with E-state index in [1.165, 1.54) is 0 Å². The third-order valence-corrected chi connectivity index (χ3v) is 6.50. The molecule has 3 aromatic heterocycles. The molecule has 2 fully saturated rings. The molecule has 6 nitrogen and oxygen atoms in total. The van der Waals surface area contributed by atoms with Crippen LogP contribution in [0.5, 0.6) is 0 Å². The van der Waals surface area contributed by atoms with Crippen LogP contribution in [-0.4, -0.2) is 45.8 Å². The minimum Gasteiger partial charge on any atom is -0.355 e. The quantitative estimate of drug-likeness (QED) is 0.551. The van der Waals surface area contributed by atoms with Gasteiger partial charge in [-0.1, -0.05) is 23.7 Å². The van der Waals surface area contributed by atoms with Gasteiger partial charge >= 0.3 is 0 Å². The van der Waals surface area contributed by atoms with Gasteiger partial charge < -0.3 is 10.2 Å². The first-order chi connectivity index (χ1) is 14.8. The molecule has 2 unspecified atom stereocenters. The number of imidazole rings is 1. The molecule has 0 radical (unpaired) electrons. The van der Waals surface area contributed by atoms with Gasteiger partial charge in [0, 0.05) is 54.7 Å². The molecule has 2 aliphatic rings. The molecule has 1 aromatic carbocycles. The van der Waals surface area contributed by atoms with Crippen LogP contribution >= 0.6 is 11.6 Å². The van der Waals surface area contributed by atoms with E-state index in [0.717, 1.165) is 72.0 Å². The van der Waals surface area contributed by atoms with Crippen LogP contribution < -0.4 is 10.2 Å². The van der Waals surface area contributed by atoms with E-state index in [0.29, 0.717) is 5.02 Å². The fourth-order valence-electron chi connectivity index (χ4n) is 4.71. The van der Waals surface area contributed by atoms with E-state index in [1.807, 2.05) is 40.9 Å². The number of hydrogen-bond acceptors (Lipinski definition) is 5. The van der Waals surface area contributed by atoms with Crippen molar-refractivity contribution in [2.75, 3.05) is 31.1 Å². The summed E-state index contributed by atoms with van der Waals surface area (Å²) in [5.41, 5.74) is 4.74. The fraction of sp³-hybridized carbons (Fsp3) is 0.261. The van der Waals surface area contributed by atoms with Gasteiger partial charge in [0.2, 0.25) is 0 Å². The maximum Gasteiger partial charge on any atom is 0.155 e. The molecular formula is C23H21ClN6. The Hall–Kier alpha value is -2.96. The van der Waals surface area contributed by atoms with Gasteiger partial charge in [-0.2, -0.15) is 0 Å². The lowest BCUT2D eigenvalue weighted by molar-refractivity contribution is 0.533. The third kappa shape index (κ3) is 2.95. The summed E-state index contributed by atoms with van der Waals surface area (Å²) >= 11 is 6.11. The molecule has 0 amide bonds. The first kappa shape index (κ1) is 17.9. The molecule has 0 aliphatic carbocycles. The van der Waals surface area contributed by atoms with Crippen molar-refractivity contribution in [1.29, 1.82) is 0 Å². The molecule has 7 heteroatoms. The number of nitrogens with zero attached hydrogens (tertiary/aromatic N) is 5. The number of anilines is 1. The topological polar surface area (TPSA) is 58.4 Å². The van der Waals surface area contributed by atoms with Gasteiger partial charge in [-0.15, -0.1) is 5.10 Å². The van der Waals surface area contributed by atoms with Crippen molar-refractivity contribution in [3.05, 3.63) is 65.9 Å². The molecule has 4 aromatic rings. The van der Waals surface area contributed by atoms with E-state index < -0.39 is 0 Å². The molecular weight excluding hydrogens is 396 g/mol. The summed E-state index contributed by atoms with van der Waals surface area (Å²) in [6.45, 7) is 4.33. The molecule has 6 rings (SSSR count). The van der Waals surface area contributed by atoms with Crippen molar-refractivity contribution in [2.24, 2.45) is 11.8 Å². The average Bonchev–Trinajstić information content (AvgIpc) is 3.47. The first-order valence-corrected chi connectivity index (χ1v) is 10.7. The van der Waals surface area contributed by atoms with Crippen molar-refractivity contribution < 1.29 is 0 Å². The molecule has 5 heterocycles. The number of pyridine rings is 1. The van der Waals surface area contributed by atoms with E-state index in [-0.39, 0.29) is 0 Å². The van der Waals surface area contributed by atoms with Crippen LogP contribution in [0.3, 0.4) is 0 Å². The predicted molar refractivity (Wildman–Crippen MR) is 119 cm³/mol.